The number of carbonyl (C=O) groups is 3. The molecule has 8 nitrogen and oxygen atoms in total. The average Bonchev–Trinajstić information content (AvgIpc) is 2.34. The van der Waals surface area contributed by atoms with Gasteiger partial charge in [-0.3, -0.25) is 4.79 Å². The fourth-order valence-corrected chi connectivity index (χ4v) is 1.24. The second-order valence-corrected chi connectivity index (χ2v) is 3.47. The van der Waals surface area contributed by atoms with E-state index in [0.29, 0.717) is 13.1 Å². The van der Waals surface area contributed by atoms with Crippen molar-refractivity contribution in [3.8, 4) is 0 Å². The molecule has 8 heteroatoms. The molecular weight excluding hydrogens is 242 g/mol. The SMILES string of the molecule is CCN(CC)C(=O)CNC(=O)N[C@H](CO)C(=O)O. The van der Waals surface area contributed by atoms with E-state index in [-0.39, 0.29) is 12.5 Å². The molecule has 4 N–H and O–H groups in total. The number of amides is 3. The van der Waals surface area contributed by atoms with Gasteiger partial charge < -0.3 is 25.7 Å². The number of likely N-dealkylation sites (N-methyl/N-ethyl adjacent to an activating group) is 1. The lowest BCUT2D eigenvalue weighted by Gasteiger charge is -2.19. The molecule has 104 valence electrons. The number of aliphatic hydroxyl groups excluding tert-OH is 1. The number of urea groups is 1. The summed E-state index contributed by atoms with van der Waals surface area (Å²) in [5.74, 6) is -1.60. The lowest BCUT2D eigenvalue weighted by atomic mass is 10.3. The van der Waals surface area contributed by atoms with Gasteiger partial charge in [-0.25, -0.2) is 9.59 Å². The van der Waals surface area contributed by atoms with E-state index in [2.05, 4.69) is 5.32 Å². The summed E-state index contributed by atoms with van der Waals surface area (Å²) in [7, 11) is 0. The van der Waals surface area contributed by atoms with Crippen molar-refractivity contribution in [2.24, 2.45) is 0 Å². The molecule has 0 aliphatic carbocycles. The normalized spacial score (nSPS) is 11.5. The largest absolute Gasteiger partial charge is 0.480 e. The van der Waals surface area contributed by atoms with Gasteiger partial charge in [0.05, 0.1) is 13.2 Å². The fourth-order valence-electron chi connectivity index (χ4n) is 1.24. The van der Waals surface area contributed by atoms with Gasteiger partial charge in [0.15, 0.2) is 6.04 Å². The van der Waals surface area contributed by atoms with Crippen molar-refractivity contribution < 1.29 is 24.6 Å². The fraction of sp³-hybridized carbons (Fsp3) is 0.700. The Hall–Kier alpha value is -1.83. The van der Waals surface area contributed by atoms with Crippen molar-refractivity contribution in [1.29, 1.82) is 0 Å². The maximum atomic E-state index is 11.5. The summed E-state index contributed by atoms with van der Waals surface area (Å²) < 4.78 is 0. The number of aliphatic hydroxyl groups is 1. The van der Waals surface area contributed by atoms with Gasteiger partial charge in [-0.15, -0.1) is 0 Å². The molecule has 0 radical (unpaired) electrons. The highest BCUT2D eigenvalue weighted by molar-refractivity contribution is 5.86. The van der Waals surface area contributed by atoms with Crippen LogP contribution in [0.25, 0.3) is 0 Å². The molecule has 0 rings (SSSR count). The van der Waals surface area contributed by atoms with Crippen LogP contribution in [0.5, 0.6) is 0 Å². The van der Waals surface area contributed by atoms with E-state index in [1.165, 1.54) is 4.90 Å². The van der Waals surface area contributed by atoms with Crippen molar-refractivity contribution in [1.82, 2.24) is 15.5 Å². The topological polar surface area (TPSA) is 119 Å². The Morgan fingerprint density at radius 3 is 2.17 bits per heavy atom. The van der Waals surface area contributed by atoms with E-state index < -0.39 is 24.6 Å². The number of nitrogens with one attached hydrogen (secondary N) is 2. The van der Waals surface area contributed by atoms with E-state index in [1.54, 1.807) is 0 Å². The van der Waals surface area contributed by atoms with Crippen molar-refractivity contribution >= 4 is 17.9 Å². The van der Waals surface area contributed by atoms with Gasteiger partial charge in [-0.1, -0.05) is 0 Å². The van der Waals surface area contributed by atoms with Crippen molar-refractivity contribution in [2.75, 3.05) is 26.2 Å². The number of carboxylic acid groups (broad SMARTS) is 1. The molecule has 0 aromatic carbocycles. The van der Waals surface area contributed by atoms with E-state index >= 15 is 0 Å². The van der Waals surface area contributed by atoms with Crippen LogP contribution in [0.15, 0.2) is 0 Å². The molecule has 0 aromatic heterocycles. The van der Waals surface area contributed by atoms with E-state index in [4.69, 9.17) is 10.2 Å². The number of carbonyl (C=O) groups excluding carboxylic acids is 2. The first-order valence-electron chi connectivity index (χ1n) is 5.62. The summed E-state index contributed by atoms with van der Waals surface area (Å²) in [5, 5.41) is 21.5. The second-order valence-electron chi connectivity index (χ2n) is 3.47. The smallest absolute Gasteiger partial charge is 0.328 e. The predicted molar refractivity (Wildman–Crippen MR) is 63.0 cm³/mol. The van der Waals surface area contributed by atoms with Crippen LogP contribution in [0.3, 0.4) is 0 Å². The first kappa shape index (κ1) is 16.2. The highest BCUT2D eigenvalue weighted by atomic mass is 16.4. The third kappa shape index (κ3) is 5.48. The number of carboxylic acids is 1. The zero-order valence-corrected chi connectivity index (χ0v) is 10.5. The minimum absolute atomic E-state index is 0.217. The number of nitrogens with zero attached hydrogens (tertiary/aromatic N) is 1. The van der Waals surface area contributed by atoms with Gasteiger partial charge in [0.1, 0.15) is 0 Å². The zero-order chi connectivity index (χ0) is 14.1. The Bertz CT molecular complexity index is 304. The van der Waals surface area contributed by atoms with E-state index in [0.717, 1.165) is 0 Å². The first-order valence-corrected chi connectivity index (χ1v) is 5.62. The molecule has 18 heavy (non-hydrogen) atoms. The second kappa shape index (κ2) is 8.29. The molecule has 0 unspecified atom stereocenters. The van der Waals surface area contributed by atoms with Gasteiger partial charge in [0.2, 0.25) is 5.91 Å². The van der Waals surface area contributed by atoms with Gasteiger partial charge >= 0.3 is 12.0 Å². The number of rotatable bonds is 7. The molecule has 0 saturated carbocycles. The Kier molecular flexibility index (Phi) is 7.45. The minimum atomic E-state index is -1.38. The molecule has 0 bridgehead atoms. The Morgan fingerprint density at radius 1 is 1.22 bits per heavy atom. The van der Waals surface area contributed by atoms with Crippen molar-refractivity contribution in [2.45, 2.75) is 19.9 Å². The Labute approximate surface area is 105 Å². The summed E-state index contributed by atoms with van der Waals surface area (Å²) in [5.41, 5.74) is 0. The van der Waals surface area contributed by atoms with E-state index in [9.17, 15) is 14.4 Å². The van der Waals surface area contributed by atoms with Crippen LogP contribution in [0, 0.1) is 0 Å². The molecule has 0 aromatic rings. The maximum Gasteiger partial charge on any atom is 0.328 e. The molecule has 0 fully saturated rings. The maximum absolute atomic E-state index is 11.5. The van der Waals surface area contributed by atoms with Crippen LogP contribution in [0.1, 0.15) is 13.8 Å². The lowest BCUT2D eigenvalue weighted by Crippen LogP contribution is -2.50. The molecule has 0 aliphatic rings. The number of aliphatic carboxylic acids is 1. The zero-order valence-electron chi connectivity index (χ0n) is 10.5. The molecule has 3 amide bonds. The third-order valence-electron chi connectivity index (χ3n) is 2.30. The Morgan fingerprint density at radius 2 is 1.78 bits per heavy atom. The van der Waals surface area contributed by atoms with Crippen LogP contribution in [-0.4, -0.2) is 65.3 Å². The first-order chi connectivity index (χ1) is 8.46. The monoisotopic (exact) mass is 261 g/mol. The highest BCUT2D eigenvalue weighted by Gasteiger charge is 2.19. The van der Waals surface area contributed by atoms with Crippen LogP contribution >= 0.6 is 0 Å². The third-order valence-corrected chi connectivity index (χ3v) is 2.30. The highest BCUT2D eigenvalue weighted by Crippen LogP contribution is 1.88. The standard InChI is InChI=1S/C10H19N3O5/c1-3-13(4-2)8(15)5-11-10(18)12-7(6-14)9(16)17/h7,14H,3-6H2,1-2H3,(H,16,17)(H2,11,12,18)/t7-/m1/s1. The molecular formula is C10H19N3O5. The van der Waals surface area contributed by atoms with E-state index in [1.807, 2.05) is 19.2 Å². The lowest BCUT2D eigenvalue weighted by molar-refractivity contribution is -0.140. The quantitative estimate of drug-likeness (QED) is 0.449. The Balaban J connectivity index is 4.10. The van der Waals surface area contributed by atoms with Gasteiger partial charge in [-0.2, -0.15) is 0 Å². The molecule has 0 heterocycles. The number of hydrogen-bond acceptors (Lipinski definition) is 4. The molecule has 0 aliphatic heterocycles. The summed E-state index contributed by atoms with van der Waals surface area (Å²) >= 11 is 0. The van der Waals surface area contributed by atoms with Crippen molar-refractivity contribution in [3.05, 3.63) is 0 Å². The van der Waals surface area contributed by atoms with Gasteiger partial charge in [-0.05, 0) is 13.8 Å². The number of hydrogen-bond donors (Lipinski definition) is 4. The summed E-state index contributed by atoms with van der Waals surface area (Å²) in [6.45, 7) is 3.76. The van der Waals surface area contributed by atoms with Crippen molar-refractivity contribution in [3.63, 3.8) is 0 Å². The average molecular weight is 261 g/mol. The molecule has 0 spiro atoms. The molecule has 0 saturated heterocycles. The molecule has 1 atom stereocenters. The summed E-state index contributed by atoms with van der Waals surface area (Å²) in [6, 6.07) is -2.19. The predicted octanol–water partition coefficient (Wildman–Crippen LogP) is -1.40. The minimum Gasteiger partial charge on any atom is -0.480 e. The van der Waals surface area contributed by atoms with Gasteiger partial charge in [0, 0.05) is 13.1 Å². The summed E-state index contributed by atoms with van der Waals surface area (Å²) in [4.78, 5) is 34.8. The van der Waals surface area contributed by atoms with Crippen LogP contribution in [-0.2, 0) is 9.59 Å². The van der Waals surface area contributed by atoms with Crippen LogP contribution in [0.4, 0.5) is 4.79 Å². The van der Waals surface area contributed by atoms with Crippen LogP contribution in [0.2, 0.25) is 0 Å². The summed E-state index contributed by atoms with van der Waals surface area (Å²) in [6.07, 6.45) is 0. The van der Waals surface area contributed by atoms with Crippen LogP contribution < -0.4 is 10.6 Å². The van der Waals surface area contributed by atoms with Gasteiger partial charge in [0.25, 0.3) is 0 Å².